The van der Waals surface area contributed by atoms with Gasteiger partial charge in [-0.1, -0.05) is 12.1 Å². The molecule has 2 rings (SSSR count). The zero-order valence-corrected chi connectivity index (χ0v) is 10.7. The van der Waals surface area contributed by atoms with E-state index in [1.807, 2.05) is 6.92 Å². The molecule has 1 aromatic heterocycles. The Hall–Kier alpha value is -2.67. The molecule has 0 aliphatic rings. The molecule has 0 saturated carbocycles. The summed E-state index contributed by atoms with van der Waals surface area (Å²) in [5.41, 5.74) is 2.34. The molecule has 0 radical (unpaired) electrons. The minimum atomic E-state index is 0.405. The van der Waals surface area contributed by atoms with Gasteiger partial charge in [0.05, 0.1) is 5.69 Å². The number of carbonyl (C=O) groups excluding carboxylic acids is 1. The predicted molar refractivity (Wildman–Crippen MR) is 70.3 cm³/mol. The van der Waals surface area contributed by atoms with Crippen LogP contribution in [-0.2, 0) is 0 Å². The molecule has 1 heterocycles. The van der Waals surface area contributed by atoms with Crippen LogP contribution < -0.4 is 4.74 Å². The Bertz CT molecular complexity index is 672. The van der Waals surface area contributed by atoms with Gasteiger partial charge in [-0.3, -0.25) is 9.78 Å². The van der Waals surface area contributed by atoms with Crippen LogP contribution >= 0.6 is 0 Å². The summed E-state index contributed by atoms with van der Waals surface area (Å²) in [5, 5.41) is 9.14. The molecule has 0 atom stereocenters. The van der Waals surface area contributed by atoms with Gasteiger partial charge in [0.2, 0.25) is 0 Å². The molecule has 2 aromatic rings. The van der Waals surface area contributed by atoms with E-state index in [9.17, 15) is 4.79 Å². The molecule has 0 aliphatic heterocycles. The Kier molecular flexibility index (Phi) is 3.58. The molecule has 0 spiro atoms. The minimum Gasteiger partial charge on any atom is -0.456 e. The number of pyridine rings is 1. The second-order valence-electron chi connectivity index (χ2n) is 4.13. The summed E-state index contributed by atoms with van der Waals surface area (Å²) in [6, 6.07) is 10.6. The number of nitriles is 1. The standard InChI is InChI=1S/C15H12N2O2/c1-10-6-15(14(8-16)11(2)17-10)19-13-5-3-4-12(7-13)9-18/h3-7,9H,1-2H3. The van der Waals surface area contributed by atoms with Crippen LogP contribution in [0.25, 0.3) is 0 Å². The first-order valence-corrected chi connectivity index (χ1v) is 5.75. The van der Waals surface area contributed by atoms with E-state index in [4.69, 9.17) is 10.00 Å². The van der Waals surface area contributed by atoms with Gasteiger partial charge in [-0.15, -0.1) is 0 Å². The molecule has 4 nitrogen and oxygen atoms in total. The third-order valence-corrected chi connectivity index (χ3v) is 2.63. The number of carbonyl (C=O) groups is 1. The molecule has 19 heavy (non-hydrogen) atoms. The van der Waals surface area contributed by atoms with Gasteiger partial charge in [0.15, 0.2) is 0 Å². The number of rotatable bonds is 3. The minimum absolute atomic E-state index is 0.405. The molecule has 0 amide bonds. The molecule has 1 aromatic carbocycles. The molecule has 4 heteroatoms. The van der Waals surface area contributed by atoms with Crippen LogP contribution in [0.2, 0.25) is 0 Å². The topological polar surface area (TPSA) is 63.0 Å². The number of aldehydes is 1. The van der Waals surface area contributed by atoms with Crippen molar-refractivity contribution >= 4 is 6.29 Å². The van der Waals surface area contributed by atoms with Crippen molar-refractivity contribution < 1.29 is 9.53 Å². The molecule has 0 unspecified atom stereocenters. The quantitative estimate of drug-likeness (QED) is 0.787. The van der Waals surface area contributed by atoms with E-state index in [0.717, 1.165) is 12.0 Å². The van der Waals surface area contributed by atoms with Gasteiger partial charge >= 0.3 is 0 Å². The fourth-order valence-corrected chi connectivity index (χ4v) is 1.79. The fraction of sp³-hybridized carbons (Fsp3) is 0.133. The monoisotopic (exact) mass is 252 g/mol. The Labute approximate surface area is 111 Å². The number of aryl methyl sites for hydroxylation is 2. The van der Waals surface area contributed by atoms with Crippen molar-refractivity contribution in [2.24, 2.45) is 0 Å². The maximum atomic E-state index is 10.7. The molecule has 0 N–H and O–H groups in total. The normalized spacial score (nSPS) is 9.74. The second-order valence-corrected chi connectivity index (χ2v) is 4.13. The lowest BCUT2D eigenvalue weighted by Crippen LogP contribution is -1.96. The first-order chi connectivity index (χ1) is 9.13. The lowest BCUT2D eigenvalue weighted by Gasteiger charge is -2.10. The van der Waals surface area contributed by atoms with E-state index in [1.165, 1.54) is 0 Å². The van der Waals surface area contributed by atoms with Crippen molar-refractivity contribution in [3.63, 3.8) is 0 Å². The van der Waals surface area contributed by atoms with Gasteiger partial charge in [0.25, 0.3) is 0 Å². The van der Waals surface area contributed by atoms with Crippen LogP contribution in [0.4, 0.5) is 0 Å². The van der Waals surface area contributed by atoms with Crippen LogP contribution in [-0.4, -0.2) is 11.3 Å². The molecule has 94 valence electrons. The van der Waals surface area contributed by atoms with Crippen molar-refractivity contribution in [3.8, 4) is 17.6 Å². The van der Waals surface area contributed by atoms with Gasteiger partial charge in [0.1, 0.15) is 29.4 Å². The lowest BCUT2D eigenvalue weighted by atomic mass is 10.2. The summed E-state index contributed by atoms with van der Waals surface area (Å²) < 4.78 is 5.68. The number of hydrogen-bond donors (Lipinski definition) is 0. The van der Waals surface area contributed by atoms with Gasteiger partial charge in [0, 0.05) is 17.3 Å². The third kappa shape index (κ3) is 2.78. The zero-order valence-electron chi connectivity index (χ0n) is 10.7. The maximum Gasteiger partial charge on any atom is 0.150 e. The van der Waals surface area contributed by atoms with Crippen molar-refractivity contribution in [1.29, 1.82) is 5.26 Å². The van der Waals surface area contributed by atoms with E-state index >= 15 is 0 Å². The number of ether oxygens (including phenoxy) is 1. The van der Waals surface area contributed by atoms with E-state index in [-0.39, 0.29) is 0 Å². The van der Waals surface area contributed by atoms with Crippen molar-refractivity contribution in [2.75, 3.05) is 0 Å². The van der Waals surface area contributed by atoms with Crippen molar-refractivity contribution in [2.45, 2.75) is 13.8 Å². The highest BCUT2D eigenvalue weighted by Gasteiger charge is 2.10. The van der Waals surface area contributed by atoms with Gasteiger partial charge in [-0.25, -0.2) is 0 Å². The van der Waals surface area contributed by atoms with Crippen LogP contribution in [0.15, 0.2) is 30.3 Å². The largest absolute Gasteiger partial charge is 0.456 e. The smallest absolute Gasteiger partial charge is 0.150 e. The van der Waals surface area contributed by atoms with Crippen LogP contribution in [0.1, 0.15) is 27.3 Å². The van der Waals surface area contributed by atoms with E-state index in [1.54, 1.807) is 37.3 Å². The Balaban J connectivity index is 2.43. The first kappa shape index (κ1) is 12.8. The fourth-order valence-electron chi connectivity index (χ4n) is 1.79. The average molecular weight is 252 g/mol. The van der Waals surface area contributed by atoms with Crippen LogP contribution in [0, 0.1) is 25.2 Å². The predicted octanol–water partition coefficient (Wildman–Crippen LogP) is 3.17. The highest BCUT2D eigenvalue weighted by Crippen LogP contribution is 2.27. The summed E-state index contributed by atoms with van der Waals surface area (Å²) in [7, 11) is 0. The first-order valence-electron chi connectivity index (χ1n) is 5.75. The van der Waals surface area contributed by atoms with E-state index in [0.29, 0.717) is 28.3 Å². The number of nitrogens with zero attached hydrogens (tertiary/aromatic N) is 2. The average Bonchev–Trinajstić information content (AvgIpc) is 2.38. The highest BCUT2D eigenvalue weighted by molar-refractivity contribution is 5.75. The van der Waals surface area contributed by atoms with Crippen LogP contribution in [0.5, 0.6) is 11.5 Å². The summed E-state index contributed by atoms with van der Waals surface area (Å²) in [4.78, 5) is 14.9. The second kappa shape index (κ2) is 5.32. The SMILES string of the molecule is Cc1cc(Oc2cccc(C=O)c2)c(C#N)c(C)n1. The summed E-state index contributed by atoms with van der Waals surface area (Å²) in [5.74, 6) is 0.974. The molecule has 0 saturated heterocycles. The summed E-state index contributed by atoms with van der Waals surface area (Å²) >= 11 is 0. The number of aromatic nitrogens is 1. The maximum absolute atomic E-state index is 10.7. The zero-order chi connectivity index (χ0) is 13.8. The van der Waals surface area contributed by atoms with E-state index in [2.05, 4.69) is 11.1 Å². The third-order valence-electron chi connectivity index (χ3n) is 2.63. The molecule has 0 fully saturated rings. The molecule has 0 aliphatic carbocycles. The molecular weight excluding hydrogens is 240 g/mol. The van der Waals surface area contributed by atoms with Gasteiger partial charge in [-0.2, -0.15) is 5.26 Å². The molecular formula is C15H12N2O2. The van der Waals surface area contributed by atoms with Crippen LogP contribution in [0.3, 0.4) is 0 Å². The van der Waals surface area contributed by atoms with Crippen molar-refractivity contribution in [1.82, 2.24) is 4.98 Å². The summed E-state index contributed by atoms with van der Waals surface area (Å²) in [6.45, 7) is 3.60. The summed E-state index contributed by atoms with van der Waals surface area (Å²) in [6.07, 6.45) is 0.751. The highest BCUT2D eigenvalue weighted by atomic mass is 16.5. The van der Waals surface area contributed by atoms with Crippen molar-refractivity contribution in [3.05, 3.63) is 52.8 Å². The Morgan fingerprint density at radius 1 is 1.32 bits per heavy atom. The van der Waals surface area contributed by atoms with Gasteiger partial charge in [-0.05, 0) is 26.0 Å². The molecule has 0 bridgehead atoms. The Morgan fingerprint density at radius 2 is 2.11 bits per heavy atom. The number of benzene rings is 1. The Morgan fingerprint density at radius 3 is 2.79 bits per heavy atom. The lowest BCUT2D eigenvalue weighted by molar-refractivity contribution is 0.112. The number of hydrogen-bond acceptors (Lipinski definition) is 4. The van der Waals surface area contributed by atoms with E-state index < -0.39 is 0 Å². The van der Waals surface area contributed by atoms with Gasteiger partial charge < -0.3 is 4.74 Å².